The Bertz CT molecular complexity index is 964. The van der Waals surface area contributed by atoms with Crippen LogP contribution in [0, 0.1) is 0 Å². The van der Waals surface area contributed by atoms with E-state index in [1.54, 1.807) is 6.07 Å². The number of carboxylic acid groups (broad SMARTS) is 1. The summed E-state index contributed by atoms with van der Waals surface area (Å²) >= 11 is 1.06. The number of nitrogen functional groups attached to an aromatic ring is 1. The average Bonchev–Trinajstić information content (AvgIpc) is 3.08. The summed E-state index contributed by atoms with van der Waals surface area (Å²) in [5, 5.41) is 35.8. The van der Waals surface area contributed by atoms with Gasteiger partial charge in [-0.25, -0.2) is 9.78 Å². The highest BCUT2D eigenvalue weighted by Crippen LogP contribution is 2.34. The van der Waals surface area contributed by atoms with E-state index in [9.17, 15) is 19.7 Å². The second kappa shape index (κ2) is 7.74. The number of nitrogens with one attached hydrogen (secondary N) is 1. The lowest BCUT2D eigenvalue weighted by molar-refractivity contribution is -0.115. The number of carbonyl (C=O) groups is 2. The van der Waals surface area contributed by atoms with Gasteiger partial charge in [-0.2, -0.15) is 0 Å². The van der Waals surface area contributed by atoms with E-state index in [1.807, 2.05) is 0 Å². The number of rotatable bonds is 5. The van der Waals surface area contributed by atoms with E-state index in [4.69, 9.17) is 20.3 Å². The monoisotopic (exact) mass is 406 g/mol. The van der Waals surface area contributed by atoms with Gasteiger partial charge in [0.05, 0.1) is 13.1 Å². The first-order chi connectivity index (χ1) is 13.3. The van der Waals surface area contributed by atoms with Gasteiger partial charge in [-0.3, -0.25) is 4.79 Å². The second-order valence-corrected chi connectivity index (χ2v) is 6.67. The molecule has 1 aromatic heterocycles. The molecule has 1 aromatic carbocycles. The SMILES string of the molecule is COc1cc2c(c(C(=O)O)c1)OB(O)C(NC(=O)C(=NO)c1csc(N)n1)C2. The highest BCUT2D eigenvalue weighted by Gasteiger charge is 2.39. The maximum absolute atomic E-state index is 12.4. The molecule has 0 fully saturated rings. The fourth-order valence-corrected chi connectivity index (χ4v) is 3.28. The summed E-state index contributed by atoms with van der Waals surface area (Å²) in [6.07, 6.45) is 0.0532. The van der Waals surface area contributed by atoms with Crippen molar-refractivity contribution >= 4 is 41.2 Å². The van der Waals surface area contributed by atoms with E-state index >= 15 is 0 Å². The molecular formula is C15H15BN4O7S. The normalized spacial score (nSPS) is 16.1. The molecular weight excluding hydrogens is 391 g/mol. The third kappa shape index (κ3) is 3.70. The number of carbonyl (C=O) groups excluding carboxylic acids is 1. The lowest BCUT2D eigenvalue weighted by Gasteiger charge is -2.29. The number of oxime groups is 1. The molecule has 146 valence electrons. The van der Waals surface area contributed by atoms with Gasteiger partial charge in [0.1, 0.15) is 22.8 Å². The zero-order valence-corrected chi connectivity index (χ0v) is 15.3. The fraction of sp³-hybridized carbons (Fsp3) is 0.200. The minimum absolute atomic E-state index is 0.00498. The van der Waals surface area contributed by atoms with E-state index in [0.717, 1.165) is 11.3 Å². The van der Waals surface area contributed by atoms with Crippen LogP contribution in [-0.4, -0.2) is 58.1 Å². The van der Waals surface area contributed by atoms with Gasteiger partial charge in [0.2, 0.25) is 0 Å². The number of hydrogen-bond donors (Lipinski definition) is 5. The molecule has 1 atom stereocenters. The Morgan fingerprint density at radius 2 is 2.25 bits per heavy atom. The maximum atomic E-state index is 12.4. The molecule has 0 bridgehead atoms. The minimum Gasteiger partial charge on any atom is -0.534 e. The van der Waals surface area contributed by atoms with E-state index < -0.39 is 24.9 Å². The topological polar surface area (TPSA) is 177 Å². The zero-order chi connectivity index (χ0) is 20.4. The lowest BCUT2D eigenvalue weighted by Crippen LogP contribution is -2.54. The summed E-state index contributed by atoms with van der Waals surface area (Å²) in [5.41, 5.74) is 5.45. The summed E-state index contributed by atoms with van der Waals surface area (Å²) < 4.78 is 10.4. The molecule has 1 unspecified atom stereocenters. The van der Waals surface area contributed by atoms with E-state index in [1.165, 1.54) is 18.6 Å². The third-order valence-electron chi connectivity index (χ3n) is 4.02. The Labute approximate surface area is 162 Å². The molecule has 0 saturated carbocycles. The number of amides is 1. The van der Waals surface area contributed by atoms with Crippen molar-refractivity contribution in [3.8, 4) is 11.5 Å². The van der Waals surface area contributed by atoms with Crippen LogP contribution in [0.25, 0.3) is 0 Å². The summed E-state index contributed by atoms with van der Waals surface area (Å²) in [6, 6.07) is 2.82. The van der Waals surface area contributed by atoms with Crippen molar-refractivity contribution in [1.29, 1.82) is 0 Å². The number of ether oxygens (including phenoxy) is 1. The van der Waals surface area contributed by atoms with Gasteiger partial charge in [0.25, 0.3) is 5.91 Å². The van der Waals surface area contributed by atoms with Gasteiger partial charge in [0, 0.05) is 5.38 Å². The van der Waals surface area contributed by atoms with Crippen LogP contribution in [0.4, 0.5) is 5.13 Å². The molecule has 13 heteroatoms. The average molecular weight is 406 g/mol. The quantitative estimate of drug-likeness (QED) is 0.194. The van der Waals surface area contributed by atoms with Crippen LogP contribution in [0.15, 0.2) is 22.7 Å². The Hall–Kier alpha value is -3.32. The molecule has 0 spiro atoms. The maximum Gasteiger partial charge on any atom is 0.547 e. The lowest BCUT2D eigenvalue weighted by atomic mass is 9.72. The molecule has 2 aromatic rings. The molecule has 11 nitrogen and oxygen atoms in total. The van der Waals surface area contributed by atoms with Crippen molar-refractivity contribution in [2.75, 3.05) is 12.8 Å². The first-order valence-electron chi connectivity index (χ1n) is 7.87. The molecule has 0 aliphatic carbocycles. The van der Waals surface area contributed by atoms with E-state index in [2.05, 4.69) is 15.5 Å². The van der Waals surface area contributed by atoms with Gasteiger partial charge in [-0.1, -0.05) is 5.16 Å². The zero-order valence-electron chi connectivity index (χ0n) is 14.4. The summed E-state index contributed by atoms with van der Waals surface area (Å²) in [6.45, 7) is 0. The number of nitrogens with two attached hydrogens (primary N) is 1. The summed E-state index contributed by atoms with van der Waals surface area (Å²) in [7, 11) is -0.141. The molecule has 0 radical (unpaired) electrons. The summed E-state index contributed by atoms with van der Waals surface area (Å²) in [4.78, 5) is 27.8. The number of thiazole rings is 1. The fourth-order valence-electron chi connectivity index (χ4n) is 2.74. The molecule has 1 amide bonds. The summed E-state index contributed by atoms with van der Waals surface area (Å²) in [5.74, 6) is -2.72. The van der Waals surface area contributed by atoms with Crippen molar-refractivity contribution < 1.29 is 34.3 Å². The third-order valence-corrected chi connectivity index (χ3v) is 4.70. The van der Waals surface area contributed by atoms with Gasteiger partial charge in [0.15, 0.2) is 10.8 Å². The minimum atomic E-state index is -1.52. The predicted molar refractivity (Wildman–Crippen MR) is 99.0 cm³/mol. The van der Waals surface area contributed by atoms with Crippen LogP contribution in [0.5, 0.6) is 11.5 Å². The number of nitrogens with zero attached hydrogens (tertiary/aromatic N) is 2. The first-order valence-corrected chi connectivity index (χ1v) is 8.75. The van der Waals surface area contributed by atoms with Gasteiger partial charge >= 0.3 is 13.1 Å². The predicted octanol–water partition coefficient (Wildman–Crippen LogP) is -0.250. The molecule has 28 heavy (non-hydrogen) atoms. The molecule has 0 saturated heterocycles. The molecule has 2 heterocycles. The number of aromatic carboxylic acids is 1. The number of fused-ring (bicyclic) bond motifs is 1. The van der Waals surface area contributed by atoms with Gasteiger partial charge in [-0.15, -0.1) is 11.3 Å². The number of methoxy groups -OCH3 is 1. The molecule has 6 N–H and O–H groups in total. The molecule has 1 aliphatic rings. The largest absolute Gasteiger partial charge is 0.547 e. The molecule has 1 aliphatic heterocycles. The van der Waals surface area contributed by atoms with Crippen LogP contribution in [-0.2, 0) is 11.2 Å². The Morgan fingerprint density at radius 1 is 1.50 bits per heavy atom. The number of benzene rings is 1. The van der Waals surface area contributed by atoms with Crippen molar-refractivity contribution in [2.45, 2.75) is 12.4 Å². The van der Waals surface area contributed by atoms with E-state index in [-0.39, 0.29) is 40.0 Å². The van der Waals surface area contributed by atoms with E-state index in [0.29, 0.717) is 5.56 Å². The van der Waals surface area contributed by atoms with Crippen molar-refractivity contribution in [2.24, 2.45) is 5.16 Å². The van der Waals surface area contributed by atoms with Crippen molar-refractivity contribution in [1.82, 2.24) is 10.3 Å². The second-order valence-electron chi connectivity index (χ2n) is 5.78. The van der Waals surface area contributed by atoms with Crippen LogP contribution >= 0.6 is 11.3 Å². The standard InChI is InChI=1S/C15H15BN4O7S/c1-26-7-2-6-3-10(16(24)27-12(6)8(4-7)14(22)23)19-13(21)11(20-25)9-5-28-15(17)18-9/h2,4-5,10,24-25H,3H2,1H3,(H2,17,18)(H,19,21)(H,22,23). The van der Waals surface area contributed by atoms with Gasteiger partial charge in [-0.05, 0) is 24.1 Å². The van der Waals surface area contributed by atoms with Crippen LogP contribution in [0.3, 0.4) is 0 Å². The number of carboxylic acids is 1. The molecule has 3 rings (SSSR count). The number of aromatic nitrogens is 1. The first kappa shape index (κ1) is 19.4. The smallest absolute Gasteiger partial charge is 0.534 e. The van der Waals surface area contributed by atoms with Crippen LogP contribution in [0.2, 0.25) is 0 Å². The van der Waals surface area contributed by atoms with Crippen molar-refractivity contribution in [3.63, 3.8) is 0 Å². The van der Waals surface area contributed by atoms with Gasteiger partial charge < -0.3 is 35.8 Å². The van der Waals surface area contributed by atoms with Crippen LogP contribution in [0.1, 0.15) is 21.6 Å². The Morgan fingerprint density at radius 3 is 2.82 bits per heavy atom. The van der Waals surface area contributed by atoms with Crippen molar-refractivity contribution in [3.05, 3.63) is 34.3 Å². The highest BCUT2D eigenvalue weighted by atomic mass is 32.1. The Balaban J connectivity index is 1.85. The number of hydrogen-bond acceptors (Lipinski definition) is 10. The Kier molecular flexibility index (Phi) is 5.38. The number of anilines is 1. The van der Waals surface area contributed by atoms with Crippen LogP contribution < -0.4 is 20.4 Å². The highest BCUT2D eigenvalue weighted by molar-refractivity contribution is 7.13.